The predicted molar refractivity (Wildman–Crippen MR) is 88.5 cm³/mol. The number of hydrogen-bond donors (Lipinski definition) is 1. The van der Waals surface area contributed by atoms with Crippen LogP contribution < -0.4 is 5.32 Å². The minimum Gasteiger partial charge on any atom is -0.325 e. The fraction of sp³-hybridized carbons (Fsp3) is 0.611. The molecule has 0 radical (unpaired) electrons. The van der Waals surface area contributed by atoms with Crippen LogP contribution in [0, 0.1) is 30.0 Å². The normalized spacial score (nSPS) is 39.0. The molecule has 4 aliphatic carbocycles. The van der Waals surface area contributed by atoms with Crippen molar-refractivity contribution in [2.24, 2.45) is 17.3 Å². The van der Waals surface area contributed by atoms with Gasteiger partial charge in [-0.15, -0.1) is 0 Å². The van der Waals surface area contributed by atoms with E-state index in [0.29, 0.717) is 11.8 Å². The minimum atomic E-state index is -0.260. The summed E-state index contributed by atoms with van der Waals surface area (Å²) in [7, 11) is 0. The molecule has 4 fully saturated rings. The standard InChI is InChI=1S/C18H21BrFNO/c1-11-4-14(20)2-3-15(11)21-16(22)17-6-12-5-13(7-17)9-18(19,8-12)10-17/h2-4,12-13H,5-10H2,1H3,(H,21,22)/t12-,13+,17?,18?. The molecule has 2 unspecified atom stereocenters. The van der Waals surface area contributed by atoms with Gasteiger partial charge in [0.05, 0.1) is 5.41 Å². The average molecular weight is 366 g/mol. The van der Waals surface area contributed by atoms with E-state index >= 15 is 0 Å². The van der Waals surface area contributed by atoms with Crippen LogP contribution in [0.3, 0.4) is 0 Å². The molecule has 22 heavy (non-hydrogen) atoms. The molecule has 0 saturated heterocycles. The van der Waals surface area contributed by atoms with E-state index in [0.717, 1.165) is 30.5 Å². The zero-order valence-corrected chi connectivity index (χ0v) is 14.4. The SMILES string of the molecule is Cc1cc(F)ccc1NC(=O)C12C[C@@H]3C[C@@H](CC(Br)(C3)C1)C2. The van der Waals surface area contributed by atoms with Gasteiger partial charge in [0.1, 0.15) is 5.82 Å². The van der Waals surface area contributed by atoms with Crippen LogP contribution in [0.5, 0.6) is 0 Å². The van der Waals surface area contributed by atoms with E-state index in [4.69, 9.17) is 0 Å². The first-order valence-electron chi connectivity index (χ1n) is 8.14. The van der Waals surface area contributed by atoms with Gasteiger partial charge in [-0.3, -0.25) is 4.79 Å². The van der Waals surface area contributed by atoms with E-state index < -0.39 is 0 Å². The second-order valence-electron chi connectivity index (χ2n) is 7.81. The van der Waals surface area contributed by atoms with Crippen molar-refractivity contribution in [1.29, 1.82) is 0 Å². The van der Waals surface area contributed by atoms with Gasteiger partial charge in [0.2, 0.25) is 5.91 Å². The molecule has 4 atom stereocenters. The van der Waals surface area contributed by atoms with E-state index in [2.05, 4.69) is 21.2 Å². The van der Waals surface area contributed by atoms with Crippen molar-refractivity contribution < 1.29 is 9.18 Å². The van der Waals surface area contributed by atoms with Gasteiger partial charge in [-0.25, -0.2) is 4.39 Å². The maximum atomic E-state index is 13.2. The van der Waals surface area contributed by atoms with Crippen molar-refractivity contribution in [3.8, 4) is 0 Å². The third-order valence-electron chi connectivity index (χ3n) is 5.91. The zero-order chi connectivity index (χ0) is 15.5. The molecule has 0 aromatic heterocycles. The van der Waals surface area contributed by atoms with Crippen molar-refractivity contribution in [2.75, 3.05) is 5.32 Å². The molecule has 4 bridgehead atoms. The van der Waals surface area contributed by atoms with Crippen molar-refractivity contribution in [1.82, 2.24) is 0 Å². The number of halogens is 2. The van der Waals surface area contributed by atoms with Crippen LogP contribution in [0.25, 0.3) is 0 Å². The van der Waals surface area contributed by atoms with Gasteiger partial charge in [0, 0.05) is 10.0 Å². The van der Waals surface area contributed by atoms with E-state index in [1.807, 2.05) is 6.92 Å². The summed E-state index contributed by atoms with van der Waals surface area (Å²) < 4.78 is 13.4. The van der Waals surface area contributed by atoms with Crippen molar-refractivity contribution in [3.63, 3.8) is 0 Å². The highest BCUT2D eigenvalue weighted by Gasteiger charge is 2.59. The van der Waals surface area contributed by atoms with Crippen LogP contribution in [-0.4, -0.2) is 10.2 Å². The van der Waals surface area contributed by atoms with Crippen LogP contribution >= 0.6 is 15.9 Å². The highest BCUT2D eigenvalue weighted by atomic mass is 79.9. The molecule has 118 valence electrons. The Labute approximate surface area is 139 Å². The van der Waals surface area contributed by atoms with Crippen molar-refractivity contribution in [3.05, 3.63) is 29.6 Å². The number of rotatable bonds is 2. The molecule has 0 spiro atoms. The molecule has 2 nitrogen and oxygen atoms in total. The van der Waals surface area contributed by atoms with E-state index in [-0.39, 0.29) is 21.5 Å². The topological polar surface area (TPSA) is 29.1 Å². The zero-order valence-electron chi connectivity index (χ0n) is 12.8. The van der Waals surface area contributed by atoms with Crippen LogP contribution in [0.4, 0.5) is 10.1 Å². The smallest absolute Gasteiger partial charge is 0.230 e. The summed E-state index contributed by atoms with van der Waals surface area (Å²) in [5.41, 5.74) is 1.30. The Morgan fingerprint density at radius 1 is 1.27 bits per heavy atom. The second kappa shape index (κ2) is 4.80. The number of hydrogen-bond acceptors (Lipinski definition) is 1. The molecule has 5 rings (SSSR count). The number of aryl methyl sites for hydroxylation is 1. The van der Waals surface area contributed by atoms with Crippen molar-refractivity contribution >= 4 is 27.5 Å². The first kappa shape index (κ1) is 14.7. The van der Waals surface area contributed by atoms with Gasteiger partial charge in [0.25, 0.3) is 0 Å². The maximum Gasteiger partial charge on any atom is 0.230 e. The third kappa shape index (κ3) is 2.31. The first-order chi connectivity index (χ1) is 10.4. The molecular weight excluding hydrogens is 345 g/mol. The molecule has 1 aromatic carbocycles. The second-order valence-corrected chi connectivity index (χ2v) is 9.49. The molecule has 4 saturated carbocycles. The molecule has 4 heteroatoms. The lowest BCUT2D eigenvalue weighted by atomic mass is 9.49. The van der Waals surface area contributed by atoms with Gasteiger partial charge < -0.3 is 5.32 Å². The minimum absolute atomic E-state index is 0.139. The van der Waals surface area contributed by atoms with Crippen LogP contribution in [0.2, 0.25) is 0 Å². The van der Waals surface area contributed by atoms with Crippen LogP contribution in [-0.2, 0) is 4.79 Å². The summed E-state index contributed by atoms with van der Waals surface area (Å²) in [4.78, 5) is 13.0. The van der Waals surface area contributed by atoms with Gasteiger partial charge in [-0.05, 0) is 81.0 Å². The van der Waals surface area contributed by atoms with Crippen LogP contribution in [0.15, 0.2) is 18.2 Å². The molecule has 1 aromatic rings. The Morgan fingerprint density at radius 3 is 2.55 bits per heavy atom. The first-order valence-corrected chi connectivity index (χ1v) is 8.93. The van der Waals surface area contributed by atoms with Crippen LogP contribution in [0.1, 0.15) is 44.1 Å². The summed E-state index contributed by atoms with van der Waals surface area (Å²) in [5.74, 6) is 1.24. The quantitative estimate of drug-likeness (QED) is 0.748. The maximum absolute atomic E-state index is 13.2. The summed E-state index contributed by atoms with van der Waals surface area (Å²) >= 11 is 3.94. The summed E-state index contributed by atoms with van der Waals surface area (Å²) in [6, 6.07) is 4.56. The Morgan fingerprint density at radius 2 is 1.95 bits per heavy atom. The number of carbonyl (C=O) groups is 1. The fourth-order valence-electron chi connectivity index (χ4n) is 5.44. The molecule has 0 heterocycles. The van der Waals surface area contributed by atoms with Gasteiger partial charge in [0.15, 0.2) is 0 Å². The number of benzene rings is 1. The third-order valence-corrected chi connectivity index (χ3v) is 6.84. The van der Waals surface area contributed by atoms with E-state index in [9.17, 15) is 9.18 Å². The Hall–Kier alpha value is -0.900. The molecule has 4 aliphatic rings. The number of anilines is 1. The van der Waals surface area contributed by atoms with Gasteiger partial charge in [-0.2, -0.15) is 0 Å². The summed E-state index contributed by atoms with van der Waals surface area (Å²) in [6.45, 7) is 1.84. The highest BCUT2D eigenvalue weighted by Crippen LogP contribution is 2.64. The lowest BCUT2D eigenvalue weighted by molar-refractivity contribution is -0.138. The molecule has 1 amide bonds. The summed E-state index contributed by atoms with van der Waals surface area (Å²) in [5, 5.41) is 3.09. The molecular formula is C18H21BrFNO. The van der Waals surface area contributed by atoms with Gasteiger partial charge in [-0.1, -0.05) is 15.9 Å². The summed E-state index contributed by atoms with van der Waals surface area (Å²) in [6.07, 6.45) is 6.70. The number of nitrogens with one attached hydrogen (secondary N) is 1. The molecule has 1 N–H and O–H groups in total. The molecule has 0 aliphatic heterocycles. The number of amides is 1. The largest absolute Gasteiger partial charge is 0.325 e. The van der Waals surface area contributed by atoms with E-state index in [1.165, 1.54) is 31.4 Å². The van der Waals surface area contributed by atoms with Crippen molar-refractivity contribution in [2.45, 2.75) is 49.8 Å². The fourth-order valence-corrected chi connectivity index (χ4v) is 6.89. The van der Waals surface area contributed by atoms with E-state index in [1.54, 1.807) is 6.07 Å². The number of alkyl halides is 1. The Bertz CT molecular complexity index is 630. The average Bonchev–Trinajstić information content (AvgIpc) is 2.39. The predicted octanol–water partition coefficient (Wildman–Crippen LogP) is 4.81. The Balaban J connectivity index is 1.60. The number of carbonyl (C=O) groups excluding carboxylic acids is 1. The lowest BCUT2D eigenvalue weighted by Gasteiger charge is -2.59. The highest BCUT2D eigenvalue weighted by molar-refractivity contribution is 9.10. The van der Waals surface area contributed by atoms with Gasteiger partial charge >= 0.3 is 0 Å². The monoisotopic (exact) mass is 365 g/mol. The Kier molecular flexibility index (Phi) is 3.20. The lowest BCUT2D eigenvalue weighted by Crippen LogP contribution is -2.57.